The zero-order valence-corrected chi connectivity index (χ0v) is 15.0. The molecule has 0 radical (unpaired) electrons. The van der Waals surface area contributed by atoms with Crippen LogP contribution in [0.15, 0.2) is 18.2 Å². The zero-order chi connectivity index (χ0) is 18.0. The summed E-state index contributed by atoms with van der Waals surface area (Å²) in [5.74, 6) is -0.759. The molecule has 0 N–H and O–H groups in total. The number of fused-ring (bicyclic) bond motifs is 4. The van der Waals surface area contributed by atoms with E-state index in [1.165, 1.54) is 12.1 Å². The van der Waals surface area contributed by atoms with Gasteiger partial charge in [-0.15, -0.1) is 0 Å². The summed E-state index contributed by atoms with van der Waals surface area (Å²) in [6.45, 7) is 1.89. The first-order valence-corrected chi connectivity index (χ1v) is 8.89. The van der Waals surface area contributed by atoms with Crippen LogP contribution in [-0.4, -0.2) is 61.0 Å². The number of piperidine rings is 1. The monoisotopic (exact) mass is 368 g/mol. The van der Waals surface area contributed by atoms with Crippen molar-refractivity contribution in [1.29, 1.82) is 0 Å². The van der Waals surface area contributed by atoms with E-state index in [9.17, 15) is 14.0 Å². The second-order valence-electron chi connectivity index (χ2n) is 6.63. The lowest BCUT2D eigenvalue weighted by atomic mass is 9.94. The highest BCUT2D eigenvalue weighted by Gasteiger charge is 2.41. The van der Waals surface area contributed by atoms with E-state index in [1.807, 2.05) is 4.90 Å². The maximum absolute atomic E-state index is 14.0. The highest BCUT2D eigenvalue weighted by molar-refractivity contribution is 6.31. The first kappa shape index (κ1) is 18.1. The molecule has 2 atom stereocenters. The number of halogens is 2. The third-order valence-electron chi connectivity index (χ3n) is 5.07. The molecule has 2 bridgehead atoms. The van der Waals surface area contributed by atoms with Crippen LogP contribution in [0.2, 0.25) is 5.02 Å². The average Bonchev–Trinajstić information content (AvgIpc) is 2.88. The number of carbonyl (C=O) groups is 2. The largest absolute Gasteiger partial charge is 0.383 e. The van der Waals surface area contributed by atoms with Gasteiger partial charge >= 0.3 is 0 Å². The van der Waals surface area contributed by atoms with E-state index in [1.54, 1.807) is 18.1 Å². The van der Waals surface area contributed by atoms with E-state index in [4.69, 9.17) is 16.3 Å². The lowest BCUT2D eigenvalue weighted by Gasteiger charge is -2.35. The highest BCUT2D eigenvalue weighted by atomic mass is 35.5. The molecule has 5 nitrogen and oxygen atoms in total. The SMILES string of the molecule is COCCN1C(=O)[C@H]2CC[C@@H]1CN(C(=O)Cc1c(F)cccc1Cl)C2. The molecule has 0 spiro atoms. The molecule has 25 heavy (non-hydrogen) atoms. The number of carbonyl (C=O) groups excluding carboxylic acids is 2. The van der Waals surface area contributed by atoms with E-state index >= 15 is 0 Å². The van der Waals surface area contributed by atoms with Crippen molar-refractivity contribution in [2.45, 2.75) is 25.3 Å². The van der Waals surface area contributed by atoms with Crippen LogP contribution in [0.25, 0.3) is 0 Å². The predicted octanol–water partition coefficient (Wildman–Crippen LogP) is 2.12. The fourth-order valence-corrected chi connectivity index (χ4v) is 3.92. The first-order valence-electron chi connectivity index (χ1n) is 8.51. The van der Waals surface area contributed by atoms with Crippen molar-refractivity contribution in [3.05, 3.63) is 34.6 Å². The lowest BCUT2D eigenvalue weighted by molar-refractivity contribution is -0.140. The molecule has 3 fully saturated rings. The van der Waals surface area contributed by atoms with Gasteiger partial charge in [0.1, 0.15) is 5.82 Å². The Hall–Kier alpha value is -1.66. The summed E-state index contributed by atoms with van der Waals surface area (Å²) < 4.78 is 19.0. The minimum atomic E-state index is -0.476. The van der Waals surface area contributed by atoms with Crippen LogP contribution in [0.1, 0.15) is 18.4 Å². The molecule has 0 unspecified atom stereocenters. The molecular weight excluding hydrogens is 347 g/mol. The molecule has 7 heteroatoms. The van der Waals surface area contributed by atoms with Gasteiger partial charge in [-0.2, -0.15) is 0 Å². The summed E-state index contributed by atoms with van der Waals surface area (Å²) in [6, 6.07) is 4.40. The number of rotatable bonds is 5. The van der Waals surface area contributed by atoms with Crippen LogP contribution in [-0.2, 0) is 20.7 Å². The number of benzene rings is 1. The minimum Gasteiger partial charge on any atom is -0.383 e. The van der Waals surface area contributed by atoms with E-state index in [0.717, 1.165) is 12.8 Å². The average molecular weight is 369 g/mol. The summed E-state index contributed by atoms with van der Waals surface area (Å²) in [6.07, 6.45) is 1.58. The van der Waals surface area contributed by atoms with E-state index < -0.39 is 5.82 Å². The number of nitrogens with zero attached hydrogens (tertiary/aromatic N) is 2. The van der Waals surface area contributed by atoms with E-state index in [0.29, 0.717) is 26.2 Å². The van der Waals surface area contributed by atoms with E-state index in [2.05, 4.69) is 0 Å². The third kappa shape index (κ3) is 3.80. The molecule has 2 amide bonds. The molecule has 1 aromatic carbocycles. The number of hydrogen-bond donors (Lipinski definition) is 0. The van der Waals surface area contributed by atoms with Gasteiger partial charge in [-0.05, 0) is 25.0 Å². The van der Waals surface area contributed by atoms with Gasteiger partial charge in [0, 0.05) is 43.4 Å². The Morgan fingerprint density at radius 3 is 2.88 bits per heavy atom. The third-order valence-corrected chi connectivity index (χ3v) is 5.43. The van der Waals surface area contributed by atoms with Gasteiger partial charge in [0.25, 0.3) is 0 Å². The first-order chi connectivity index (χ1) is 12.0. The van der Waals surface area contributed by atoms with Gasteiger partial charge in [0.2, 0.25) is 11.8 Å². The maximum atomic E-state index is 14.0. The van der Waals surface area contributed by atoms with E-state index in [-0.39, 0.29) is 40.8 Å². The van der Waals surface area contributed by atoms with Gasteiger partial charge in [0.15, 0.2) is 0 Å². The Balaban J connectivity index is 1.73. The Bertz CT molecular complexity index is 649. The summed E-state index contributed by atoms with van der Waals surface area (Å²) in [5.41, 5.74) is 0.216. The van der Waals surface area contributed by atoms with Gasteiger partial charge in [0.05, 0.1) is 18.9 Å². The highest BCUT2D eigenvalue weighted by Crippen LogP contribution is 2.30. The normalized spacial score (nSPS) is 23.1. The van der Waals surface area contributed by atoms with Crippen LogP contribution in [0.3, 0.4) is 0 Å². The number of methoxy groups -OCH3 is 1. The molecule has 0 aliphatic carbocycles. The molecule has 1 aromatic rings. The molecule has 3 aliphatic rings. The number of ether oxygens (including phenoxy) is 1. The Labute approximate surface area is 151 Å². The Morgan fingerprint density at radius 1 is 1.36 bits per heavy atom. The minimum absolute atomic E-state index is 0.00134. The smallest absolute Gasteiger partial charge is 0.227 e. The summed E-state index contributed by atoms with van der Waals surface area (Å²) in [4.78, 5) is 28.8. The van der Waals surface area contributed by atoms with Gasteiger partial charge < -0.3 is 14.5 Å². The van der Waals surface area contributed by atoms with Crippen molar-refractivity contribution in [3.8, 4) is 0 Å². The van der Waals surface area contributed by atoms with Gasteiger partial charge in [-0.25, -0.2) is 4.39 Å². The Kier molecular flexibility index (Phi) is 5.59. The molecule has 3 aliphatic heterocycles. The summed E-state index contributed by atoms with van der Waals surface area (Å²) in [5, 5.41) is 0.254. The predicted molar refractivity (Wildman–Crippen MR) is 91.8 cm³/mol. The fourth-order valence-electron chi connectivity index (χ4n) is 3.69. The maximum Gasteiger partial charge on any atom is 0.227 e. The summed E-state index contributed by atoms with van der Waals surface area (Å²) >= 11 is 6.03. The van der Waals surface area contributed by atoms with Crippen molar-refractivity contribution >= 4 is 23.4 Å². The van der Waals surface area contributed by atoms with Crippen LogP contribution in [0.4, 0.5) is 4.39 Å². The van der Waals surface area contributed by atoms with Crippen molar-refractivity contribution in [1.82, 2.24) is 9.80 Å². The standard InChI is InChI=1S/C18H22ClFN2O3/c1-25-8-7-22-13-6-5-12(18(22)24)10-21(11-13)17(23)9-14-15(19)3-2-4-16(14)20/h2-4,12-13H,5-11H2,1H3/t12-,13+/m0/s1. The molecule has 3 heterocycles. The molecule has 3 saturated heterocycles. The van der Waals surface area contributed by atoms with Crippen LogP contribution >= 0.6 is 11.6 Å². The molecule has 136 valence electrons. The topological polar surface area (TPSA) is 49.9 Å². The van der Waals surface area contributed by atoms with Crippen molar-refractivity contribution in [2.75, 3.05) is 33.4 Å². The lowest BCUT2D eigenvalue weighted by Crippen LogP contribution is -2.49. The van der Waals surface area contributed by atoms with Crippen molar-refractivity contribution < 1.29 is 18.7 Å². The van der Waals surface area contributed by atoms with Crippen LogP contribution < -0.4 is 0 Å². The fraction of sp³-hybridized carbons (Fsp3) is 0.556. The zero-order valence-electron chi connectivity index (χ0n) is 14.2. The van der Waals surface area contributed by atoms with Crippen molar-refractivity contribution in [3.63, 3.8) is 0 Å². The summed E-state index contributed by atoms with van der Waals surface area (Å²) in [7, 11) is 1.61. The Morgan fingerprint density at radius 2 is 2.16 bits per heavy atom. The molecule has 0 aromatic heterocycles. The van der Waals surface area contributed by atoms with Gasteiger partial charge in [-0.3, -0.25) is 9.59 Å². The molecule has 4 rings (SSSR count). The molecular formula is C18H22ClFN2O3. The second kappa shape index (κ2) is 7.70. The van der Waals surface area contributed by atoms with Crippen LogP contribution in [0.5, 0.6) is 0 Å². The van der Waals surface area contributed by atoms with Crippen molar-refractivity contribution in [2.24, 2.45) is 5.92 Å². The second-order valence-corrected chi connectivity index (χ2v) is 7.04. The van der Waals surface area contributed by atoms with Crippen LogP contribution in [0, 0.1) is 11.7 Å². The quantitative estimate of drug-likeness (QED) is 0.800. The number of hydrogen-bond acceptors (Lipinski definition) is 3. The number of amides is 2. The van der Waals surface area contributed by atoms with Gasteiger partial charge in [-0.1, -0.05) is 17.7 Å². The molecule has 0 saturated carbocycles.